The van der Waals surface area contributed by atoms with E-state index in [1.165, 1.54) is 5.56 Å². The summed E-state index contributed by atoms with van der Waals surface area (Å²) in [7, 11) is 1.62. The van der Waals surface area contributed by atoms with E-state index in [9.17, 15) is 4.79 Å². The maximum Gasteiger partial charge on any atom is 0.234 e. The molecule has 0 radical (unpaired) electrons. The number of furan rings is 1. The summed E-state index contributed by atoms with van der Waals surface area (Å²) in [5.41, 5.74) is 1.20. The third-order valence-electron chi connectivity index (χ3n) is 3.19. The van der Waals surface area contributed by atoms with Crippen LogP contribution in [-0.4, -0.2) is 32.7 Å². The Morgan fingerprint density at radius 3 is 3.33 bits per heavy atom. The summed E-state index contributed by atoms with van der Waals surface area (Å²) in [4.78, 5) is 11.6. The van der Waals surface area contributed by atoms with E-state index in [0.717, 1.165) is 25.0 Å². The number of carbonyl (C=O) groups is 1. The van der Waals surface area contributed by atoms with E-state index < -0.39 is 0 Å². The molecule has 1 aliphatic rings. The highest BCUT2D eigenvalue weighted by Gasteiger charge is 2.22. The second-order valence-corrected chi connectivity index (χ2v) is 4.47. The molecule has 0 bridgehead atoms. The van der Waals surface area contributed by atoms with Crippen molar-refractivity contribution in [1.29, 1.82) is 0 Å². The fourth-order valence-corrected chi connectivity index (χ4v) is 2.27. The van der Waals surface area contributed by atoms with E-state index in [1.54, 1.807) is 13.4 Å². The zero-order chi connectivity index (χ0) is 12.8. The number of hydrogen-bond donors (Lipinski definition) is 2. The van der Waals surface area contributed by atoms with Crippen LogP contribution in [0.25, 0.3) is 0 Å². The van der Waals surface area contributed by atoms with Crippen molar-refractivity contribution in [3.63, 3.8) is 0 Å². The Morgan fingerprint density at radius 2 is 2.50 bits per heavy atom. The van der Waals surface area contributed by atoms with Gasteiger partial charge in [-0.3, -0.25) is 4.79 Å². The molecule has 0 saturated carbocycles. The third-order valence-corrected chi connectivity index (χ3v) is 3.19. The molecule has 0 saturated heterocycles. The number of ether oxygens (including phenoxy) is 1. The molecule has 1 aromatic heterocycles. The molecule has 1 amide bonds. The van der Waals surface area contributed by atoms with Crippen molar-refractivity contribution >= 4 is 5.91 Å². The maximum absolute atomic E-state index is 11.6. The molecule has 1 unspecified atom stereocenters. The van der Waals surface area contributed by atoms with Crippen LogP contribution < -0.4 is 10.6 Å². The Hall–Kier alpha value is -1.33. The average molecular weight is 252 g/mol. The Kier molecular flexibility index (Phi) is 4.78. The van der Waals surface area contributed by atoms with Gasteiger partial charge in [0.05, 0.1) is 19.4 Å². The first kappa shape index (κ1) is 13.1. The summed E-state index contributed by atoms with van der Waals surface area (Å²) in [6, 6.07) is 2.23. The molecular weight excluding hydrogens is 232 g/mol. The van der Waals surface area contributed by atoms with E-state index in [4.69, 9.17) is 9.15 Å². The van der Waals surface area contributed by atoms with Gasteiger partial charge in [0.15, 0.2) is 0 Å². The van der Waals surface area contributed by atoms with Gasteiger partial charge >= 0.3 is 0 Å². The second kappa shape index (κ2) is 6.56. The molecule has 100 valence electrons. The smallest absolute Gasteiger partial charge is 0.234 e. The van der Waals surface area contributed by atoms with E-state index in [0.29, 0.717) is 19.7 Å². The Balaban J connectivity index is 1.76. The number of rotatable bonds is 6. The summed E-state index contributed by atoms with van der Waals surface area (Å²) in [5.74, 6) is 1.06. The van der Waals surface area contributed by atoms with Crippen molar-refractivity contribution in [2.24, 2.45) is 0 Å². The summed E-state index contributed by atoms with van der Waals surface area (Å²) >= 11 is 0. The Bertz CT molecular complexity index is 389. The van der Waals surface area contributed by atoms with E-state index in [2.05, 4.69) is 10.6 Å². The highest BCUT2D eigenvalue weighted by atomic mass is 16.5. The van der Waals surface area contributed by atoms with Crippen LogP contribution >= 0.6 is 0 Å². The molecule has 0 aliphatic heterocycles. The first-order valence-corrected chi connectivity index (χ1v) is 6.36. The predicted octanol–water partition coefficient (Wildman–Crippen LogP) is 1.01. The first-order valence-electron chi connectivity index (χ1n) is 6.36. The van der Waals surface area contributed by atoms with Crippen LogP contribution in [0.1, 0.15) is 30.2 Å². The number of nitrogens with one attached hydrogen (secondary N) is 2. The molecule has 2 rings (SSSR count). The second-order valence-electron chi connectivity index (χ2n) is 4.47. The molecule has 18 heavy (non-hydrogen) atoms. The SMILES string of the molecule is COCCNC(=O)CNC1CCCc2occc21. The standard InChI is InChI=1S/C13H20N2O3/c1-17-8-6-14-13(16)9-15-11-3-2-4-12-10(11)5-7-18-12/h5,7,11,15H,2-4,6,8-9H2,1H3,(H,14,16). The van der Waals surface area contributed by atoms with E-state index in [-0.39, 0.29) is 11.9 Å². The highest BCUT2D eigenvalue weighted by Crippen LogP contribution is 2.30. The van der Waals surface area contributed by atoms with Crippen molar-refractivity contribution in [2.45, 2.75) is 25.3 Å². The highest BCUT2D eigenvalue weighted by molar-refractivity contribution is 5.78. The Morgan fingerprint density at radius 1 is 1.61 bits per heavy atom. The molecule has 1 atom stereocenters. The summed E-state index contributed by atoms with van der Waals surface area (Å²) in [5, 5.41) is 6.07. The molecular formula is C13H20N2O3. The van der Waals surface area contributed by atoms with Gasteiger partial charge in [0.1, 0.15) is 5.76 Å². The number of amides is 1. The number of fused-ring (bicyclic) bond motifs is 1. The van der Waals surface area contributed by atoms with Crippen molar-refractivity contribution in [1.82, 2.24) is 10.6 Å². The lowest BCUT2D eigenvalue weighted by molar-refractivity contribution is -0.120. The quantitative estimate of drug-likeness (QED) is 0.742. The lowest BCUT2D eigenvalue weighted by Crippen LogP contribution is -2.37. The van der Waals surface area contributed by atoms with Crippen LogP contribution in [0, 0.1) is 0 Å². The van der Waals surface area contributed by atoms with Gasteiger partial charge in [-0.05, 0) is 18.9 Å². The Labute approximate surface area is 107 Å². The minimum Gasteiger partial charge on any atom is -0.469 e. The first-order chi connectivity index (χ1) is 8.81. The molecule has 5 heteroatoms. The van der Waals surface area contributed by atoms with Gasteiger partial charge in [-0.2, -0.15) is 0 Å². The fraction of sp³-hybridized carbons (Fsp3) is 0.615. The van der Waals surface area contributed by atoms with E-state index >= 15 is 0 Å². The van der Waals surface area contributed by atoms with Crippen molar-refractivity contribution < 1.29 is 13.9 Å². The molecule has 0 spiro atoms. The van der Waals surface area contributed by atoms with Crippen LogP contribution in [0.3, 0.4) is 0 Å². The maximum atomic E-state index is 11.6. The van der Waals surface area contributed by atoms with Gasteiger partial charge in [0, 0.05) is 31.7 Å². The topological polar surface area (TPSA) is 63.5 Å². The van der Waals surface area contributed by atoms with Crippen LogP contribution in [0.2, 0.25) is 0 Å². The third kappa shape index (κ3) is 3.34. The van der Waals surface area contributed by atoms with Gasteiger partial charge in [-0.1, -0.05) is 0 Å². The summed E-state index contributed by atoms with van der Waals surface area (Å²) < 4.78 is 10.3. The summed E-state index contributed by atoms with van der Waals surface area (Å²) in [6.07, 6.45) is 4.88. The van der Waals surface area contributed by atoms with Crippen LogP contribution in [-0.2, 0) is 16.0 Å². The monoisotopic (exact) mass is 252 g/mol. The predicted molar refractivity (Wildman–Crippen MR) is 67.3 cm³/mol. The summed E-state index contributed by atoms with van der Waals surface area (Å²) in [6.45, 7) is 1.43. The van der Waals surface area contributed by atoms with Crippen LogP contribution in [0.15, 0.2) is 16.7 Å². The fourth-order valence-electron chi connectivity index (χ4n) is 2.27. The minimum absolute atomic E-state index is 0.00247. The van der Waals surface area contributed by atoms with Gasteiger partial charge in [0.2, 0.25) is 5.91 Å². The van der Waals surface area contributed by atoms with Gasteiger partial charge < -0.3 is 19.8 Å². The molecule has 5 nitrogen and oxygen atoms in total. The molecule has 1 aliphatic carbocycles. The van der Waals surface area contributed by atoms with Crippen molar-refractivity contribution in [3.05, 3.63) is 23.7 Å². The van der Waals surface area contributed by atoms with Gasteiger partial charge in [-0.25, -0.2) is 0 Å². The lowest BCUT2D eigenvalue weighted by atomic mass is 9.93. The van der Waals surface area contributed by atoms with Crippen molar-refractivity contribution in [2.75, 3.05) is 26.8 Å². The zero-order valence-corrected chi connectivity index (χ0v) is 10.7. The molecule has 1 aromatic rings. The normalized spacial score (nSPS) is 18.4. The van der Waals surface area contributed by atoms with Crippen LogP contribution in [0.4, 0.5) is 0 Å². The number of hydrogen-bond acceptors (Lipinski definition) is 4. The minimum atomic E-state index is 0.00247. The zero-order valence-electron chi connectivity index (χ0n) is 10.7. The largest absolute Gasteiger partial charge is 0.469 e. The molecule has 2 N–H and O–H groups in total. The number of aryl methyl sites for hydroxylation is 1. The van der Waals surface area contributed by atoms with E-state index in [1.807, 2.05) is 6.07 Å². The van der Waals surface area contributed by atoms with Gasteiger partial charge in [0.25, 0.3) is 0 Å². The molecule has 1 heterocycles. The molecule has 0 aromatic carbocycles. The number of methoxy groups -OCH3 is 1. The van der Waals surface area contributed by atoms with Crippen LogP contribution in [0.5, 0.6) is 0 Å². The number of carbonyl (C=O) groups excluding carboxylic acids is 1. The van der Waals surface area contributed by atoms with Gasteiger partial charge in [-0.15, -0.1) is 0 Å². The van der Waals surface area contributed by atoms with Crippen molar-refractivity contribution in [3.8, 4) is 0 Å². The average Bonchev–Trinajstić information content (AvgIpc) is 2.85. The molecule has 0 fully saturated rings. The lowest BCUT2D eigenvalue weighted by Gasteiger charge is -2.22.